The lowest BCUT2D eigenvalue weighted by Crippen LogP contribution is -2.23. The van der Waals surface area contributed by atoms with Crippen molar-refractivity contribution in [2.45, 2.75) is 19.3 Å². The first-order valence-corrected chi connectivity index (χ1v) is 10.2. The number of carbonyl (C=O) groups is 2. The second kappa shape index (κ2) is 10.3. The van der Waals surface area contributed by atoms with Crippen molar-refractivity contribution in [1.82, 2.24) is 10.2 Å². The molecule has 2 N–H and O–H groups in total. The van der Waals surface area contributed by atoms with Crippen LogP contribution in [0.2, 0.25) is 0 Å². The number of carbonyl (C=O) groups excluding carboxylic acids is 2. The first-order chi connectivity index (χ1) is 15.6. The van der Waals surface area contributed by atoms with Crippen LogP contribution in [0.4, 0.5) is 18.9 Å². The summed E-state index contributed by atoms with van der Waals surface area (Å²) in [4.78, 5) is 26.9. The molecule has 2 amide bonds. The van der Waals surface area contributed by atoms with Crippen LogP contribution in [0, 0.1) is 0 Å². The molecule has 0 saturated heterocycles. The molecular formula is C25H24F3N3O2. The normalized spacial score (nSPS) is 11.3. The van der Waals surface area contributed by atoms with Crippen molar-refractivity contribution in [2.75, 3.05) is 19.4 Å². The third-order valence-electron chi connectivity index (χ3n) is 4.80. The fraction of sp³-hybridized carbons (Fsp3) is 0.200. The number of halogens is 3. The van der Waals surface area contributed by atoms with Gasteiger partial charge in [0.15, 0.2) is 0 Å². The van der Waals surface area contributed by atoms with Gasteiger partial charge in [-0.15, -0.1) is 0 Å². The number of hydrogen-bond acceptors (Lipinski definition) is 3. The summed E-state index contributed by atoms with van der Waals surface area (Å²) in [6.45, 7) is 0.859. The predicted octanol–water partition coefficient (Wildman–Crippen LogP) is 4.95. The molecule has 0 radical (unpaired) electrons. The maximum absolute atomic E-state index is 12.9. The fourth-order valence-electron chi connectivity index (χ4n) is 3.21. The SMILES string of the molecule is CN(C)Cc1ccc(NC(=O)c2cccc(CNC(=O)c3cccc(C(F)(F)F)c3)c2)cc1. The highest BCUT2D eigenvalue weighted by molar-refractivity contribution is 6.04. The fourth-order valence-corrected chi connectivity index (χ4v) is 3.21. The Morgan fingerprint density at radius 3 is 2.09 bits per heavy atom. The summed E-state index contributed by atoms with van der Waals surface area (Å²) in [5.41, 5.74) is 1.85. The highest BCUT2D eigenvalue weighted by Crippen LogP contribution is 2.29. The monoisotopic (exact) mass is 455 g/mol. The van der Waals surface area contributed by atoms with Crippen molar-refractivity contribution in [3.8, 4) is 0 Å². The van der Waals surface area contributed by atoms with E-state index < -0.39 is 17.6 Å². The Balaban J connectivity index is 1.61. The van der Waals surface area contributed by atoms with Crippen LogP contribution in [0.3, 0.4) is 0 Å². The average Bonchev–Trinajstić information content (AvgIpc) is 2.78. The summed E-state index contributed by atoms with van der Waals surface area (Å²) in [5, 5.41) is 5.42. The zero-order chi connectivity index (χ0) is 24.0. The highest BCUT2D eigenvalue weighted by Gasteiger charge is 2.30. The number of hydrogen-bond donors (Lipinski definition) is 2. The van der Waals surface area contributed by atoms with Gasteiger partial charge in [0.2, 0.25) is 0 Å². The predicted molar refractivity (Wildman–Crippen MR) is 121 cm³/mol. The van der Waals surface area contributed by atoms with Gasteiger partial charge >= 0.3 is 6.18 Å². The van der Waals surface area contributed by atoms with Gasteiger partial charge in [-0.25, -0.2) is 0 Å². The van der Waals surface area contributed by atoms with Gasteiger partial charge in [0, 0.05) is 29.9 Å². The molecule has 5 nitrogen and oxygen atoms in total. The van der Waals surface area contributed by atoms with Crippen LogP contribution in [0.15, 0.2) is 72.8 Å². The minimum absolute atomic E-state index is 0.0649. The van der Waals surface area contributed by atoms with Gasteiger partial charge in [-0.05, 0) is 67.7 Å². The number of nitrogens with zero attached hydrogens (tertiary/aromatic N) is 1. The van der Waals surface area contributed by atoms with E-state index in [0.717, 1.165) is 24.2 Å². The van der Waals surface area contributed by atoms with E-state index >= 15 is 0 Å². The van der Waals surface area contributed by atoms with E-state index in [2.05, 4.69) is 10.6 Å². The molecule has 0 bridgehead atoms. The standard InChI is InChI=1S/C25H24F3N3O2/c1-31(2)16-17-9-11-22(12-10-17)30-24(33)19-6-3-5-18(13-19)15-29-23(32)20-7-4-8-21(14-20)25(26,27)28/h3-14H,15-16H2,1-2H3,(H,29,32)(H,30,33). The number of alkyl halides is 3. The number of benzene rings is 3. The van der Waals surface area contributed by atoms with E-state index in [9.17, 15) is 22.8 Å². The smallest absolute Gasteiger partial charge is 0.348 e. The maximum atomic E-state index is 12.9. The lowest BCUT2D eigenvalue weighted by atomic mass is 10.1. The Bertz CT molecular complexity index is 1130. The van der Waals surface area contributed by atoms with Crippen molar-refractivity contribution in [2.24, 2.45) is 0 Å². The molecular weight excluding hydrogens is 431 g/mol. The summed E-state index contributed by atoms with van der Waals surface area (Å²) in [7, 11) is 3.95. The average molecular weight is 455 g/mol. The molecule has 0 aliphatic heterocycles. The lowest BCUT2D eigenvalue weighted by Gasteiger charge is -2.11. The van der Waals surface area contributed by atoms with Gasteiger partial charge in [0.25, 0.3) is 11.8 Å². The van der Waals surface area contributed by atoms with Crippen LogP contribution in [0.5, 0.6) is 0 Å². The van der Waals surface area contributed by atoms with Crippen molar-refractivity contribution < 1.29 is 22.8 Å². The second-order valence-electron chi connectivity index (χ2n) is 7.85. The van der Waals surface area contributed by atoms with Gasteiger partial charge in [0.05, 0.1) is 5.56 Å². The van der Waals surface area contributed by atoms with Crippen LogP contribution in [-0.2, 0) is 19.3 Å². The third kappa shape index (κ3) is 6.92. The van der Waals surface area contributed by atoms with Crippen LogP contribution >= 0.6 is 0 Å². The molecule has 0 aliphatic carbocycles. The van der Waals surface area contributed by atoms with Gasteiger partial charge in [-0.3, -0.25) is 9.59 Å². The van der Waals surface area contributed by atoms with Gasteiger partial charge < -0.3 is 15.5 Å². The van der Waals surface area contributed by atoms with Crippen LogP contribution in [-0.4, -0.2) is 30.8 Å². The largest absolute Gasteiger partial charge is 0.416 e. The summed E-state index contributed by atoms with van der Waals surface area (Å²) in [6, 6.07) is 18.4. The van der Waals surface area contributed by atoms with E-state index in [1.54, 1.807) is 24.3 Å². The Hall–Kier alpha value is -3.65. The van der Waals surface area contributed by atoms with Gasteiger partial charge in [-0.1, -0.05) is 30.3 Å². The van der Waals surface area contributed by atoms with Crippen LogP contribution in [0.25, 0.3) is 0 Å². The number of nitrogens with one attached hydrogen (secondary N) is 2. The number of rotatable bonds is 7. The first kappa shape index (κ1) is 24.0. The van der Waals surface area contributed by atoms with E-state index in [-0.39, 0.29) is 18.0 Å². The van der Waals surface area contributed by atoms with E-state index in [1.165, 1.54) is 12.1 Å². The van der Waals surface area contributed by atoms with Gasteiger partial charge in [-0.2, -0.15) is 13.2 Å². The first-order valence-electron chi connectivity index (χ1n) is 10.2. The molecule has 3 aromatic rings. The molecule has 172 valence electrons. The van der Waals surface area contributed by atoms with Crippen LogP contribution in [0.1, 0.15) is 37.4 Å². The molecule has 3 rings (SSSR count). The summed E-state index contributed by atoms with van der Waals surface area (Å²) >= 11 is 0. The second-order valence-corrected chi connectivity index (χ2v) is 7.85. The topological polar surface area (TPSA) is 61.4 Å². The number of anilines is 1. The minimum Gasteiger partial charge on any atom is -0.348 e. The molecule has 0 unspecified atom stereocenters. The van der Waals surface area contributed by atoms with E-state index in [4.69, 9.17) is 0 Å². The van der Waals surface area contributed by atoms with Crippen molar-refractivity contribution >= 4 is 17.5 Å². The Labute approximate surface area is 190 Å². The third-order valence-corrected chi connectivity index (χ3v) is 4.80. The molecule has 0 heterocycles. The molecule has 0 spiro atoms. The molecule has 0 fully saturated rings. The molecule has 0 saturated carbocycles. The Kier molecular flexibility index (Phi) is 7.50. The zero-order valence-corrected chi connectivity index (χ0v) is 18.2. The number of amides is 2. The summed E-state index contributed by atoms with van der Waals surface area (Å²) in [6.07, 6.45) is -4.52. The maximum Gasteiger partial charge on any atom is 0.416 e. The molecule has 33 heavy (non-hydrogen) atoms. The Morgan fingerprint density at radius 1 is 0.818 bits per heavy atom. The minimum atomic E-state index is -4.52. The van der Waals surface area contributed by atoms with E-state index in [1.807, 2.05) is 43.3 Å². The summed E-state index contributed by atoms with van der Waals surface area (Å²) < 4.78 is 38.6. The molecule has 0 atom stereocenters. The van der Waals surface area contributed by atoms with Crippen molar-refractivity contribution in [3.05, 3.63) is 101 Å². The molecule has 0 aromatic heterocycles. The van der Waals surface area contributed by atoms with E-state index in [0.29, 0.717) is 16.8 Å². The van der Waals surface area contributed by atoms with Gasteiger partial charge in [0.1, 0.15) is 0 Å². The highest BCUT2D eigenvalue weighted by atomic mass is 19.4. The lowest BCUT2D eigenvalue weighted by molar-refractivity contribution is -0.137. The van der Waals surface area contributed by atoms with Crippen molar-refractivity contribution in [3.63, 3.8) is 0 Å². The zero-order valence-electron chi connectivity index (χ0n) is 18.2. The quantitative estimate of drug-likeness (QED) is 0.530. The molecule has 3 aromatic carbocycles. The summed E-state index contributed by atoms with van der Waals surface area (Å²) in [5.74, 6) is -0.935. The molecule has 0 aliphatic rings. The Morgan fingerprint density at radius 2 is 1.45 bits per heavy atom. The van der Waals surface area contributed by atoms with Crippen LogP contribution < -0.4 is 10.6 Å². The van der Waals surface area contributed by atoms with Crippen molar-refractivity contribution in [1.29, 1.82) is 0 Å². The molecule has 8 heteroatoms.